The summed E-state index contributed by atoms with van der Waals surface area (Å²) >= 11 is 0. The minimum absolute atomic E-state index is 0. The van der Waals surface area contributed by atoms with Crippen molar-refractivity contribution in [1.29, 1.82) is 0 Å². The first-order valence-electron chi connectivity index (χ1n) is 5.32. The van der Waals surface area contributed by atoms with Crippen LogP contribution in [0, 0.1) is 12.1 Å². The Hall–Kier alpha value is 1.23. The third-order valence-corrected chi connectivity index (χ3v) is 2.70. The molecule has 0 aromatic heterocycles. The average Bonchev–Trinajstić information content (AvgIpc) is 2.39. The van der Waals surface area contributed by atoms with Crippen LogP contribution < -0.4 is 0 Å². The van der Waals surface area contributed by atoms with Gasteiger partial charge in [0.15, 0.2) is 0 Å². The van der Waals surface area contributed by atoms with Gasteiger partial charge in [-0.2, -0.15) is 0 Å². The molecule has 0 aliphatic rings. The van der Waals surface area contributed by atoms with E-state index in [0.717, 1.165) is 10.9 Å². The molecule has 0 N–H and O–H groups in total. The summed E-state index contributed by atoms with van der Waals surface area (Å²) in [5.74, 6) is 0. The largest absolute Gasteiger partial charge is 0.147 e. The Morgan fingerprint density at radius 2 is 1.37 bits per heavy atom. The third kappa shape index (κ3) is 4.87. The van der Waals surface area contributed by atoms with Gasteiger partial charge in [-0.3, -0.25) is 0 Å². The van der Waals surface area contributed by atoms with Crippen LogP contribution >= 0.6 is 0 Å². The Bertz CT molecular complexity index is 616. The maximum absolute atomic E-state index is 3.30. The van der Waals surface area contributed by atoms with Crippen LogP contribution in [0.5, 0.6) is 0 Å². The molecule has 0 aliphatic heterocycles. The van der Waals surface area contributed by atoms with Gasteiger partial charge in [0.25, 0.3) is 0 Å². The van der Waals surface area contributed by atoms with Crippen LogP contribution in [0.1, 0.15) is 0 Å². The molecule has 0 amide bonds. The van der Waals surface area contributed by atoms with E-state index in [4.69, 9.17) is 0 Å². The van der Waals surface area contributed by atoms with E-state index < -0.39 is 0 Å². The second kappa shape index (κ2) is 10.0. The van der Waals surface area contributed by atoms with E-state index in [1.54, 1.807) is 0 Å². The maximum Gasteiger partial charge on any atom is 0 e. The summed E-state index contributed by atoms with van der Waals surface area (Å²) in [7, 11) is 0. The van der Waals surface area contributed by atoms with Crippen molar-refractivity contribution in [2.45, 2.75) is 0 Å². The molecule has 0 spiro atoms. The van der Waals surface area contributed by atoms with Crippen LogP contribution in [0.4, 0.5) is 0 Å². The van der Waals surface area contributed by atoms with Crippen molar-refractivity contribution in [3.63, 3.8) is 0 Å². The van der Waals surface area contributed by atoms with Gasteiger partial charge in [-0.15, -0.1) is 76.5 Å². The molecular formula is C16H10Y3-2. The standard InChI is InChI=1S/C16H10.3Y/c1-2-7-13(8-3-1)16-12-6-10-14-9-4-5-11-15(14)16;;;/h1-7,9-10,12H;;;/q-2;;;. The zero-order chi connectivity index (χ0) is 10.8. The van der Waals surface area contributed by atoms with Gasteiger partial charge in [0.1, 0.15) is 0 Å². The molecule has 0 saturated carbocycles. The SMILES string of the molecule is [Y].[Y].[Y].[c-]1ccccc1-c1cccc2ccc[c-]c12. The van der Waals surface area contributed by atoms with E-state index in [9.17, 15) is 0 Å². The zero-order valence-corrected chi connectivity index (χ0v) is 19.0. The fourth-order valence-electron chi connectivity index (χ4n) is 1.94. The predicted octanol–water partition coefficient (Wildman–Crippen LogP) is 4.10. The average molecular weight is 469 g/mol. The van der Waals surface area contributed by atoms with Crippen molar-refractivity contribution in [2.75, 3.05) is 0 Å². The van der Waals surface area contributed by atoms with Crippen molar-refractivity contribution >= 4 is 10.8 Å². The summed E-state index contributed by atoms with van der Waals surface area (Å²) in [6.45, 7) is 0. The number of hydrogen-bond acceptors (Lipinski definition) is 0. The smallest absolute Gasteiger partial charge is 0 e. The summed E-state index contributed by atoms with van der Waals surface area (Å²) in [4.78, 5) is 0. The Balaban J connectivity index is 0.00000108. The molecule has 0 fully saturated rings. The number of rotatable bonds is 1. The molecule has 0 aliphatic carbocycles. The molecule has 0 bridgehead atoms. The Morgan fingerprint density at radius 3 is 2.11 bits per heavy atom. The van der Waals surface area contributed by atoms with Crippen molar-refractivity contribution in [3.8, 4) is 11.1 Å². The molecule has 0 nitrogen and oxygen atoms in total. The van der Waals surface area contributed by atoms with E-state index in [1.807, 2.05) is 30.3 Å². The molecule has 3 heteroatoms. The van der Waals surface area contributed by atoms with Gasteiger partial charge in [-0.05, 0) is 0 Å². The summed E-state index contributed by atoms with van der Waals surface area (Å²) < 4.78 is 0. The number of hydrogen-bond donors (Lipinski definition) is 0. The van der Waals surface area contributed by atoms with E-state index >= 15 is 0 Å². The van der Waals surface area contributed by atoms with Crippen LogP contribution in [-0.4, -0.2) is 0 Å². The molecule has 3 radical (unpaired) electrons. The fourth-order valence-corrected chi connectivity index (χ4v) is 1.94. The maximum atomic E-state index is 3.30. The van der Waals surface area contributed by atoms with Gasteiger partial charge in [0, 0.05) is 98.1 Å². The van der Waals surface area contributed by atoms with Crippen molar-refractivity contribution in [2.24, 2.45) is 0 Å². The normalized spacial score (nSPS) is 8.84. The molecule has 0 saturated heterocycles. The summed E-state index contributed by atoms with van der Waals surface area (Å²) in [5, 5.41) is 2.38. The van der Waals surface area contributed by atoms with Gasteiger partial charge in [0.2, 0.25) is 0 Å². The first-order chi connectivity index (χ1) is 7.95. The molecular weight excluding hydrogens is 459 g/mol. The first-order valence-corrected chi connectivity index (χ1v) is 5.32. The monoisotopic (exact) mass is 469 g/mol. The Kier molecular flexibility index (Phi) is 10.7. The fraction of sp³-hybridized carbons (Fsp3) is 0. The van der Waals surface area contributed by atoms with E-state index in [-0.39, 0.29) is 98.1 Å². The Labute approximate surface area is 189 Å². The number of benzene rings is 3. The minimum atomic E-state index is 0. The van der Waals surface area contributed by atoms with Crippen molar-refractivity contribution < 1.29 is 98.1 Å². The number of fused-ring (bicyclic) bond motifs is 1. The molecule has 0 unspecified atom stereocenters. The van der Waals surface area contributed by atoms with Gasteiger partial charge in [-0.25, -0.2) is 0 Å². The minimum Gasteiger partial charge on any atom is -0.147 e. The molecule has 3 rings (SSSR count). The molecule has 19 heavy (non-hydrogen) atoms. The van der Waals surface area contributed by atoms with Crippen LogP contribution in [0.25, 0.3) is 21.9 Å². The van der Waals surface area contributed by atoms with E-state index in [1.165, 1.54) is 10.9 Å². The zero-order valence-electron chi connectivity index (χ0n) is 10.5. The topological polar surface area (TPSA) is 0 Å². The van der Waals surface area contributed by atoms with Crippen molar-refractivity contribution in [3.05, 3.63) is 72.8 Å². The quantitative estimate of drug-likeness (QED) is 0.472. The molecule has 85 valence electrons. The predicted molar refractivity (Wildman–Crippen MR) is 67.1 cm³/mol. The second-order valence-corrected chi connectivity index (χ2v) is 3.72. The van der Waals surface area contributed by atoms with Gasteiger partial charge in [-0.1, -0.05) is 18.2 Å². The van der Waals surface area contributed by atoms with Crippen LogP contribution in [0.15, 0.2) is 60.7 Å². The van der Waals surface area contributed by atoms with Crippen LogP contribution in [0.2, 0.25) is 0 Å². The Morgan fingerprint density at radius 1 is 0.632 bits per heavy atom. The molecule has 0 heterocycles. The van der Waals surface area contributed by atoms with Crippen molar-refractivity contribution in [1.82, 2.24) is 0 Å². The summed E-state index contributed by atoms with van der Waals surface area (Å²) in [6.07, 6.45) is 0. The molecule has 0 atom stereocenters. The van der Waals surface area contributed by atoms with E-state index in [2.05, 4.69) is 42.5 Å². The van der Waals surface area contributed by atoms with Gasteiger partial charge in [0.05, 0.1) is 0 Å². The van der Waals surface area contributed by atoms with Crippen LogP contribution in [-0.2, 0) is 98.1 Å². The second-order valence-electron chi connectivity index (χ2n) is 3.72. The first kappa shape index (κ1) is 20.2. The third-order valence-electron chi connectivity index (χ3n) is 2.70. The summed E-state index contributed by atoms with van der Waals surface area (Å²) in [6, 6.07) is 27.0. The van der Waals surface area contributed by atoms with Gasteiger partial charge >= 0.3 is 0 Å². The molecule has 3 aromatic rings. The van der Waals surface area contributed by atoms with E-state index in [0.29, 0.717) is 0 Å². The molecule has 3 aromatic carbocycles. The van der Waals surface area contributed by atoms with Crippen LogP contribution in [0.3, 0.4) is 0 Å². The van der Waals surface area contributed by atoms with Gasteiger partial charge < -0.3 is 0 Å². The summed E-state index contributed by atoms with van der Waals surface area (Å²) in [5.41, 5.74) is 2.31.